The van der Waals surface area contributed by atoms with E-state index >= 15 is 0 Å². The Labute approximate surface area is 182 Å². The number of sulfonamides is 1. The highest BCUT2D eigenvalue weighted by atomic mass is 79.9. The molecule has 1 atom stereocenters. The molecule has 156 valence electrons. The van der Waals surface area contributed by atoms with Crippen LogP contribution in [-0.4, -0.2) is 28.2 Å². The van der Waals surface area contributed by atoms with Gasteiger partial charge in [0.1, 0.15) is 5.75 Å². The number of aromatic amines is 1. The highest BCUT2D eigenvalue weighted by molar-refractivity contribution is 9.10. The Hall–Kier alpha value is -2.69. The number of H-pyrrole nitrogens is 1. The van der Waals surface area contributed by atoms with Crippen molar-refractivity contribution in [2.45, 2.75) is 31.3 Å². The van der Waals surface area contributed by atoms with Crippen molar-refractivity contribution in [3.63, 3.8) is 0 Å². The Kier molecular flexibility index (Phi) is 5.63. The van der Waals surface area contributed by atoms with Crippen molar-refractivity contribution in [1.82, 2.24) is 24.5 Å². The van der Waals surface area contributed by atoms with Crippen molar-refractivity contribution in [1.29, 1.82) is 0 Å². The lowest BCUT2D eigenvalue weighted by Gasteiger charge is -2.15. The molecule has 2 heterocycles. The molecule has 0 aliphatic carbocycles. The van der Waals surface area contributed by atoms with Gasteiger partial charge in [-0.2, -0.15) is 0 Å². The number of benzene rings is 2. The molecule has 0 aliphatic heterocycles. The minimum atomic E-state index is -3.71. The Balaban J connectivity index is 1.57. The zero-order valence-electron chi connectivity index (χ0n) is 16.3. The van der Waals surface area contributed by atoms with Crippen LogP contribution >= 0.6 is 15.9 Å². The van der Waals surface area contributed by atoms with E-state index in [4.69, 9.17) is 4.74 Å². The highest BCUT2D eigenvalue weighted by Gasteiger charge is 2.24. The minimum absolute atomic E-state index is 0.177. The van der Waals surface area contributed by atoms with Crippen molar-refractivity contribution >= 4 is 36.9 Å². The zero-order chi connectivity index (χ0) is 21.3. The predicted octanol–water partition coefficient (Wildman–Crippen LogP) is 4.37. The Morgan fingerprint density at radius 2 is 1.93 bits per heavy atom. The van der Waals surface area contributed by atoms with E-state index in [1.165, 1.54) is 12.1 Å². The van der Waals surface area contributed by atoms with E-state index in [9.17, 15) is 8.42 Å². The van der Waals surface area contributed by atoms with Gasteiger partial charge in [-0.15, -0.1) is 5.10 Å². The lowest BCUT2D eigenvalue weighted by Crippen LogP contribution is -2.29. The normalized spacial score (nSPS) is 12.9. The fourth-order valence-electron chi connectivity index (χ4n) is 3.16. The minimum Gasteiger partial charge on any atom is -0.424 e. The second kappa shape index (κ2) is 8.21. The smallest absolute Gasteiger partial charge is 0.322 e. The number of ether oxygens (including phenoxy) is 1. The molecule has 0 aliphatic rings. The molecule has 4 aromatic rings. The average Bonchev–Trinajstić information content (AvgIpc) is 3.34. The summed E-state index contributed by atoms with van der Waals surface area (Å²) in [4.78, 5) is 3.32. The van der Waals surface area contributed by atoms with Crippen LogP contribution in [-0.2, 0) is 16.6 Å². The molecule has 30 heavy (non-hydrogen) atoms. The molecule has 2 N–H and O–H groups in total. The van der Waals surface area contributed by atoms with Gasteiger partial charge in [0.15, 0.2) is 5.82 Å². The molecule has 0 fully saturated rings. The van der Waals surface area contributed by atoms with Crippen LogP contribution in [0.25, 0.3) is 10.9 Å². The number of nitrogens with one attached hydrogen (secondary N) is 2. The van der Waals surface area contributed by atoms with Gasteiger partial charge in [-0.3, -0.25) is 4.57 Å². The summed E-state index contributed by atoms with van der Waals surface area (Å²) in [5.41, 5.74) is 0.950. The molecule has 0 bridgehead atoms. The van der Waals surface area contributed by atoms with Crippen LogP contribution in [0.1, 0.15) is 25.7 Å². The molecule has 10 heteroatoms. The number of nitrogens with zero attached hydrogens (tertiary/aromatic N) is 3. The Morgan fingerprint density at radius 3 is 2.67 bits per heavy atom. The molecular weight excluding hydrogens is 470 g/mol. The van der Waals surface area contributed by atoms with E-state index in [0.29, 0.717) is 24.1 Å². The van der Waals surface area contributed by atoms with Gasteiger partial charge in [0, 0.05) is 28.8 Å². The first kappa shape index (κ1) is 20.6. The fourth-order valence-corrected chi connectivity index (χ4v) is 4.62. The van der Waals surface area contributed by atoms with Crippen LogP contribution in [0.2, 0.25) is 0 Å². The molecule has 2 aromatic carbocycles. The molecule has 0 saturated heterocycles. The van der Waals surface area contributed by atoms with Gasteiger partial charge in [0.25, 0.3) is 0 Å². The summed E-state index contributed by atoms with van der Waals surface area (Å²) in [6.45, 7) is 4.16. The molecule has 8 nitrogen and oxygen atoms in total. The van der Waals surface area contributed by atoms with Crippen molar-refractivity contribution in [3.8, 4) is 11.8 Å². The van der Waals surface area contributed by atoms with Crippen LogP contribution < -0.4 is 9.46 Å². The first-order valence-corrected chi connectivity index (χ1v) is 11.6. The predicted molar refractivity (Wildman–Crippen MR) is 117 cm³/mol. The maximum absolute atomic E-state index is 12.7. The maximum Gasteiger partial charge on any atom is 0.322 e. The quantitative estimate of drug-likeness (QED) is 0.401. The first-order chi connectivity index (χ1) is 14.4. The van der Waals surface area contributed by atoms with Crippen LogP contribution in [0.3, 0.4) is 0 Å². The van der Waals surface area contributed by atoms with Crippen LogP contribution in [0.5, 0.6) is 11.8 Å². The van der Waals surface area contributed by atoms with Crippen LogP contribution in [0, 0.1) is 0 Å². The Bertz CT molecular complexity index is 1280. The van der Waals surface area contributed by atoms with E-state index in [1.807, 2.05) is 37.4 Å². The molecule has 0 unspecified atom stereocenters. The van der Waals surface area contributed by atoms with Gasteiger partial charge < -0.3 is 9.72 Å². The van der Waals surface area contributed by atoms with Crippen molar-refractivity contribution < 1.29 is 13.2 Å². The first-order valence-electron chi connectivity index (χ1n) is 9.33. The fraction of sp³-hybridized carbons (Fsp3) is 0.200. The summed E-state index contributed by atoms with van der Waals surface area (Å²) in [5.74, 6) is 1.08. The summed E-state index contributed by atoms with van der Waals surface area (Å²) in [6.07, 6.45) is 1.86. The standard InChI is InChI=1S/C20H20BrN5O3S/c1-3-26-19(13(2)25-30(27,28)17-8-5-15(21)6-9-17)23-24-20(26)29-16-7-4-14-10-11-22-18(14)12-16/h4-13,22,25H,3H2,1-2H3/t13-/m1/s1. The summed E-state index contributed by atoms with van der Waals surface area (Å²) >= 11 is 3.31. The summed E-state index contributed by atoms with van der Waals surface area (Å²) in [6, 6.07) is 13.8. The number of halogens is 1. The average molecular weight is 490 g/mol. The van der Waals surface area contributed by atoms with Gasteiger partial charge in [0.05, 0.1) is 10.9 Å². The number of hydrogen-bond acceptors (Lipinski definition) is 5. The SMILES string of the molecule is CCn1c(Oc2ccc3cc[nH]c3c2)nnc1[C@@H](C)NS(=O)(=O)c1ccc(Br)cc1. The van der Waals surface area contributed by atoms with Gasteiger partial charge in [-0.25, -0.2) is 13.1 Å². The third-order valence-corrected chi connectivity index (χ3v) is 6.73. The van der Waals surface area contributed by atoms with Crippen molar-refractivity contribution in [2.75, 3.05) is 0 Å². The topological polar surface area (TPSA) is 102 Å². The maximum atomic E-state index is 12.7. The molecule has 0 amide bonds. The molecule has 0 radical (unpaired) electrons. The Morgan fingerprint density at radius 1 is 1.17 bits per heavy atom. The third-order valence-electron chi connectivity index (χ3n) is 4.64. The third kappa shape index (κ3) is 4.11. The molecular formula is C20H20BrN5O3S. The van der Waals surface area contributed by atoms with Crippen molar-refractivity contribution in [3.05, 3.63) is 65.0 Å². The summed E-state index contributed by atoms with van der Waals surface area (Å²) < 4.78 is 36.5. The number of aromatic nitrogens is 4. The molecule has 0 saturated carbocycles. The molecule has 0 spiro atoms. The van der Waals surface area contributed by atoms with E-state index in [0.717, 1.165) is 15.4 Å². The van der Waals surface area contributed by atoms with Crippen LogP contribution in [0.4, 0.5) is 0 Å². The monoisotopic (exact) mass is 489 g/mol. The second-order valence-corrected chi connectivity index (χ2v) is 9.34. The van der Waals surface area contributed by atoms with Crippen molar-refractivity contribution in [2.24, 2.45) is 0 Å². The van der Waals surface area contributed by atoms with Crippen LogP contribution in [0.15, 0.2) is 64.1 Å². The van der Waals surface area contributed by atoms with E-state index < -0.39 is 16.1 Å². The number of rotatable bonds is 7. The van der Waals surface area contributed by atoms with Gasteiger partial charge in [0.2, 0.25) is 10.0 Å². The highest BCUT2D eigenvalue weighted by Crippen LogP contribution is 2.26. The number of hydrogen-bond donors (Lipinski definition) is 2. The lowest BCUT2D eigenvalue weighted by atomic mass is 10.2. The largest absolute Gasteiger partial charge is 0.424 e. The van der Waals surface area contributed by atoms with E-state index in [1.54, 1.807) is 23.6 Å². The zero-order valence-corrected chi connectivity index (χ0v) is 18.7. The van der Waals surface area contributed by atoms with Gasteiger partial charge in [-0.1, -0.05) is 21.0 Å². The molecule has 2 aromatic heterocycles. The van der Waals surface area contributed by atoms with Gasteiger partial charge >= 0.3 is 6.01 Å². The van der Waals surface area contributed by atoms with E-state index in [-0.39, 0.29) is 4.90 Å². The lowest BCUT2D eigenvalue weighted by molar-refractivity contribution is 0.408. The number of fused-ring (bicyclic) bond motifs is 1. The van der Waals surface area contributed by atoms with E-state index in [2.05, 4.69) is 35.8 Å². The molecule has 4 rings (SSSR count). The van der Waals surface area contributed by atoms with Gasteiger partial charge in [-0.05, 0) is 61.7 Å². The second-order valence-electron chi connectivity index (χ2n) is 6.71. The summed E-state index contributed by atoms with van der Waals surface area (Å²) in [5, 5.41) is 9.38. The summed E-state index contributed by atoms with van der Waals surface area (Å²) in [7, 11) is -3.71.